The van der Waals surface area contributed by atoms with Crippen molar-refractivity contribution in [2.24, 2.45) is 5.92 Å². The van der Waals surface area contributed by atoms with Gasteiger partial charge in [0.25, 0.3) is 6.01 Å². The number of hydrogen-bond donors (Lipinski definition) is 2. The molecule has 9 heteroatoms. The molecule has 0 spiro atoms. The van der Waals surface area contributed by atoms with Crippen molar-refractivity contribution >= 4 is 23.5 Å². The standard InChI is InChI=1S/C19H22N4O4S/c1-3-28-11-10-21-18(25)16(12-20)17(24)13(2)26-14-4-6-15(7-5-14)27-19-22-8-9-23-19/h4-9,13,16H,3,10-11H2,1-2H3,(H,21,25)(H,22,23). The number of rotatable bonds is 11. The SMILES string of the molecule is CCSCCNC(=O)C(C#N)C(=O)C(C)Oc1ccc(Oc2ncc[nH]2)cc1. The normalized spacial score (nSPS) is 12.5. The number of amides is 1. The molecule has 0 fully saturated rings. The Bertz CT molecular complexity index is 802. The van der Waals surface area contributed by atoms with Gasteiger partial charge in [-0.3, -0.25) is 9.59 Å². The fourth-order valence-corrected chi connectivity index (χ4v) is 2.78. The number of aromatic nitrogens is 2. The van der Waals surface area contributed by atoms with Crippen molar-refractivity contribution < 1.29 is 19.1 Å². The number of nitrogens with zero attached hydrogens (tertiary/aromatic N) is 2. The van der Waals surface area contributed by atoms with Crippen molar-refractivity contribution in [1.82, 2.24) is 15.3 Å². The van der Waals surface area contributed by atoms with Gasteiger partial charge in [-0.05, 0) is 36.9 Å². The summed E-state index contributed by atoms with van der Waals surface area (Å²) >= 11 is 1.66. The summed E-state index contributed by atoms with van der Waals surface area (Å²) in [5.41, 5.74) is 0. The molecule has 1 heterocycles. The van der Waals surface area contributed by atoms with Crippen LogP contribution < -0.4 is 14.8 Å². The van der Waals surface area contributed by atoms with Crippen LogP contribution in [0, 0.1) is 17.2 Å². The van der Waals surface area contributed by atoms with Gasteiger partial charge in [-0.1, -0.05) is 6.92 Å². The van der Waals surface area contributed by atoms with E-state index >= 15 is 0 Å². The zero-order chi connectivity index (χ0) is 20.4. The topological polar surface area (TPSA) is 117 Å². The monoisotopic (exact) mass is 402 g/mol. The molecule has 8 nitrogen and oxygen atoms in total. The smallest absolute Gasteiger partial charge is 0.299 e. The molecule has 2 aromatic rings. The highest BCUT2D eigenvalue weighted by Crippen LogP contribution is 2.22. The maximum absolute atomic E-state index is 12.4. The van der Waals surface area contributed by atoms with Crippen LogP contribution in [0.15, 0.2) is 36.7 Å². The minimum Gasteiger partial charge on any atom is -0.483 e. The number of ketones is 1. The summed E-state index contributed by atoms with van der Waals surface area (Å²) in [6.45, 7) is 3.94. The van der Waals surface area contributed by atoms with E-state index in [1.807, 2.05) is 6.92 Å². The van der Waals surface area contributed by atoms with E-state index in [-0.39, 0.29) is 0 Å². The van der Waals surface area contributed by atoms with E-state index in [2.05, 4.69) is 15.3 Å². The molecule has 148 valence electrons. The van der Waals surface area contributed by atoms with Crippen molar-refractivity contribution in [3.63, 3.8) is 0 Å². The molecule has 28 heavy (non-hydrogen) atoms. The highest BCUT2D eigenvalue weighted by molar-refractivity contribution is 7.99. The van der Waals surface area contributed by atoms with Gasteiger partial charge >= 0.3 is 0 Å². The van der Waals surface area contributed by atoms with E-state index < -0.39 is 23.7 Å². The molecule has 0 saturated heterocycles. The van der Waals surface area contributed by atoms with Crippen LogP contribution in [0.25, 0.3) is 0 Å². The Hall–Kier alpha value is -2.99. The van der Waals surface area contributed by atoms with Gasteiger partial charge in [-0.25, -0.2) is 4.98 Å². The van der Waals surface area contributed by atoms with Crippen molar-refractivity contribution in [3.05, 3.63) is 36.7 Å². The summed E-state index contributed by atoms with van der Waals surface area (Å²) in [5.74, 6) is 0.0495. The van der Waals surface area contributed by atoms with Crippen LogP contribution in [0.5, 0.6) is 17.5 Å². The Morgan fingerprint density at radius 1 is 1.32 bits per heavy atom. The summed E-state index contributed by atoms with van der Waals surface area (Å²) < 4.78 is 11.1. The molecule has 0 aliphatic carbocycles. The van der Waals surface area contributed by atoms with Gasteiger partial charge < -0.3 is 19.8 Å². The molecule has 2 N–H and O–H groups in total. The van der Waals surface area contributed by atoms with Crippen molar-refractivity contribution in [2.75, 3.05) is 18.1 Å². The average molecular weight is 402 g/mol. The number of thioether (sulfide) groups is 1. The Morgan fingerprint density at radius 3 is 2.64 bits per heavy atom. The predicted molar refractivity (Wildman–Crippen MR) is 105 cm³/mol. The molecular formula is C19H22N4O4S. The van der Waals surface area contributed by atoms with Gasteiger partial charge in [0.15, 0.2) is 17.8 Å². The van der Waals surface area contributed by atoms with Gasteiger partial charge in [0, 0.05) is 24.7 Å². The van der Waals surface area contributed by atoms with E-state index in [1.54, 1.807) is 54.5 Å². The van der Waals surface area contributed by atoms with E-state index in [1.165, 1.54) is 6.92 Å². The van der Waals surface area contributed by atoms with Crippen LogP contribution in [0.2, 0.25) is 0 Å². The highest BCUT2D eigenvalue weighted by atomic mass is 32.2. The molecule has 1 aromatic carbocycles. The number of aromatic amines is 1. The third kappa shape index (κ3) is 6.32. The first-order valence-corrected chi connectivity index (χ1v) is 9.93. The predicted octanol–water partition coefficient (Wildman–Crippen LogP) is 2.55. The number of Topliss-reactive ketones (excluding diaryl/α,β-unsaturated/α-hetero) is 1. The van der Waals surface area contributed by atoms with E-state index in [0.29, 0.717) is 24.1 Å². The number of ether oxygens (including phenoxy) is 2. The van der Waals surface area contributed by atoms with Crippen LogP contribution in [0.1, 0.15) is 13.8 Å². The van der Waals surface area contributed by atoms with E-state index in [0.717, 1.165) is 11.5 Å². The van der Waals surface area contributed by atoms with Gasteiger partial charge in [-0.2, -0.15) is 17.0 Å². The van der Waals surface area contributed by atoms with Gasteiger partial charge in [0.1, 0.15) is 11.5 Å². The Kier molecular flexibility index (Phi) is 8.37. The molecule has 0 aliphatic heterocycles. The minimum absolute atomic E-state index is 0.359. The van der Waals surface area contributed by atoms with Gasteiger partial charge in [0.05, 0.1) is 6.07 Å². The van der Waals surface area contributed by atoms with Crippen molar-refractivity contribution in [3.8, 4) is 23.6 Å². The van der Waals surface area contributed by atoms with Crippen LogP contribution in [-0.2, 0) is 9.59 Å². The summed E-state index contributed by atoms with van der Waals surface area (Å²) in [5, 5.41) is 11.8. The molecule has 1 amide bonds. The number of nitriles is 1. The lowest BCUT2D eigenvalue weighted by molar-refractivity contribution is -0.135. The maximum atomic E-state index is 12.4. The number of imidazole rings is 1. The molecule has 2 atom stereocenters. The molecule has 1 aromatic heterocycles. The minimum atomic E-state index is -1.40. The third-order valence-corrected chi connectivity index (χ3v) is 4.55. The highest BCUT2D eigenvalue weighted by Gasteiger charge is 2.31. The third-order valence-electron chi connectivity index (χ3n) is 3.65. The summed E-state index contributed by atoms with van der Waals surface area (Å²) in [6.07, 6.45) is 2.27. The molecule has 0 saturated carbocycles. The lowest BCUT2D eigenvalue weighted by Crippen LogP contribution is -2.40. The van der Waals surface area contributed by atoms with Crippen LogP contribution in [-0.4, -0.2) is 45.8 Å². The van der Waals surface area contributed by atoms with Crippen LogP contribution in [0.3, 0.4) is 0 Å². The first-order chi connectivity index (χ1) is 13.5. The number of carbonyl (C=O) groups excluding carboxylic acids is 2. The summed E-state index contributed by atoms with van der Waals surface area (Å²) in [6, 6.07) is 8.71. The molecule has 2 rings (SSSR count). The lowest BCUT2D eigenvalue weighted by Gasteiger charge is -2.16. The number of nitrogens with one attached hydrogen (secondary N) is 2. The Morgan fingerprint density at radius 2 is 2.04 bits per heavy atom. The number of H-pyrrole nitrogens is 1. The average Bonchev–Trinajstić information content (AvgIpc) is 3.20. The second-order valence-electron chi connectivity index (χ2n) is 5.68. The fourth-order valence-electron chi connectivity index (χ4n) is 2.25. The zero-order valence-electron chi connectivity index (χ0n) is 15.7. The summed E-state index contributed by atoms with van der Waals surface area (Å²) in [7, 11) is 0. The van der Waals surface area contributed by atoms with E-state index in [4.69, 9.17) is 9.47 Å². The van der Waals surface area contributed by atoms with Crippen LogP contribution in [0.4, 0.5) is 0 Å². The molecular weight excluding hydrogens is 380 g/mol. The Balaban J connectivity index is 1.89. The fraction of sp³-hybridized carbons (Fsp3) is 0.368. The summed E-state index contributed by atoms with van der Waals surface area (Å²) in [4.78, 5) is 31.3. The van der Waals surface area contributed by atoms with Gasteiger partial charge in [-0.15, -0.1) is 0 Å². The Labute approximate surface area is 167 Å². The second kappa shape index (κ2) is 11.0. The second-order valence-corrected chi connectivity index (χ2v) is 7.07. The quantitative estimate of drug-likeness (QED) is 0.438. The lowest BCUT2D eigenvalue weighted by atomic mass is 10.0. The number of carbonyl (C=O) groups is 2. The number of benzene rings is 1. The molecule has 2 unspecified atom stereocenters. The first-order valence-electron chi connectivity index (χ1n) is 8.78. The molecule has 0 aliphatic rings. The maximum Gasteiger partial charge on any atom is 0.299 e. The molecule has 0 bridgehead atoms. The van der Waals surface area contributed by atoms with Crippen LogP contribution >= 0.6 is 11.8 Å². The first kappa shape index (κ1) is 21.3. The largest absolute Gasteiger partial charge is 0.483 e. The number of hydrogen-bond acceptors (Lipinski definition) is 7. The van der Waals surface area contributed by atoms with Crippen molar-refractivity contribution in [2.45, 2.75) is 20.0 Å². The zero-order valence-corrected chi connectivity index (χ0v) is 16.5. The van der Waals surface area contributed by atoms with E-state index in [9.17, 15) is 14.9 Å². The van der Waals surface area contributed by atoms with Gasteiger partial charge in [0.2, 0.25) is 5.91 Å². The van der Waals surface area contributed by atoms with Crippen molar-refractivity contribution in [1.29, 1.82) is 5.26 Å². The molecule has 0 radical (unpaired) electrons.